The summed E-state index contributed by atoms with van der Waals surface area (Å²) in [6.45, 7) is 6.58. The van der Waals surface area contributed by atoms with E-state index >= 15 is 0 Å². The van der Waals surface area contributed by atoms with Gasteiger partial charge in [0, 0.05) is 11.6 Å². The molecule has 0 saturated carbocycles. The van der Waals surface area contributed by atoms with E-state index in [1.165, 1.54) is 0 Å². The van der Waals surface area contributed by atoms with Crippen LogP contribution in [0.25, 0.3) is 0 Å². The molecule has 0 aromatic heterocycles. The monoisotopic (exact) mass is 311 g/mol. The number of halogens is 1. The Morgan fingerprint density at radius 1 is 1.48 bits per heavy atom. The lowest BCUT2D eigenvalue weighted by molar-refractivity contribution is -0.124. The summed E-state index contributed by atoms with van der Waals surface area (Å²) in [6, 6.07) is 3.69. The van der Waals surface area contributed by atoms with Crippen LogP contribution < -0.4 is 10.1 Å². The van der Waals surface area contributed by atoms with Gasteiger partial charge in [-0.2, -0.15) is 0 Å². The molecule has 0 bridgehead atoms. The van der Waals surface area contributed by atoms with Crippen LogP contribution >= 0.6 is 11.6 Å². The molecule has 21 heavy (non-hydrogen) atoms. The molecule has 4 nitrogen and oxygen atoms in total. The maximum atomic E-state index is 11.9. The molecule has 1 aliphatic heterocycles. The number of aryl methyl sites for hydroxylation is 2. The first kappa shape index (κ1) is 16.1. The first-order chi connectivity index (χ1) is 9.97. The van der Waals surface area contributed by atoms with Gasteiger partial charge in [-0.15, -0.1) is 0 Å². The fraction of sp³-hybridized carbons (Fsp3) is 0.562. The minimum atomic E-state index is -0.136. The van der Waals surface area contributed by atoms with Gasteiger partial charge < -0.3 is 14.8 Å². The van der Waals surface area contributed by atoms with Crippen molar-refractivity contribution >= 4 is 17.5 Å². The molecular weight excluding hydrogens is 290 g/mol. The molecule has 1 aliphatic rings. The van der Waals surface area contributed by atoms with Crippen molar-refractivity contribution in [2.45, 2.75) is 45.8 Å². The number of ether oxygens (including phenoxy) is 2. The average Bonchev–Trinajstić information content (AvgIpc) is 2.96. The largest absolute Gasteiger partial charge is 0.484 e. The van der Waals surface area contributed by atoms with Crippen LogP contribution in [0, 0.1) is 13.8 Å². The Morgan fingerprint density at radius 3 is 2.71 bits per heavy atom. The predicted octanol–water partition coefficient (Wildman–Crippen LogP) is 3.02. The van der Waals surface area contributed by atoms with Gasteiger partial charge in [0.25, 0.3) is 5.91 Å². The van der Waals surface area contributed by atoms with Crippen molar-refractivity contribution in [1.82, 2.24) is 5.32 Å². The summed E-state index contributed by atoms with van der Waals surface area (Å²) in [4.78, 5) is 11.9. The molecule has 1 aromatic rings. The van der Waals surface area contributed by atoms with Gasteiger partial charge in [-0.25, -0.2) is 0 Å². The highest BCUT2D eigenvalue weighted by atomic mass is 35.5. The molecule has 0 unspecified atom stereocenters. The van der Waals surface area contributed by atoms with Crippen LogP contribution in [0.1, 0.15) is 30.9 Å². The van der Waals surface area contributed by atoms with Gasteiger partial charge >= 0.3 is 0 Å². The Labute approximate surface area is 130 Å². The molecule has 0 radical (unpaired) electrons. The third-order valence-corrected chi connectivity index (χ3v) is 4.29. The van der Waals surface area contributed by atoms with Crippen molar-refractivity contribution in [1.29, 1.82) is 0 Å². The average molecular weight is 312 g/mol. The summed E-state index contributed by atoms with van der Waals surface area (Å²) in [5.74, 6) is 0.526. The molecule has 116 valence electrons. The summed E-state index contributed by atoms with van der Waals surface area (Å²) in [6.07, 6.45) is 2.18. The third-order valence-electron chi connectivity index (χ3n) is 3.69. The van der Waals surface area contributed by atoms with Gasteiger partial charge in [0.1, 0.15) is 5.75 Å². The zero-order valence-electron chi connectivity index (χ0n) is 12.7. The van der Waals surface area contributed by atoms with Crippen molar-refractivity contribution < 1.29 is 14.3 Å². The topological polar surface area (TPSA) is 47.6 Å². The van der Waals surface area contributed by atoms with Crippen molar-refractivity contribution in [3.8, 4) is 5.75 Å². The molecular formula is C16H22ClNO3. The van der Waals surface area contributed by atoms with E-state index < -0.39 is 0 Å². The summed E-state index contributed by atoms with van der Waals surface area (Å²) < 4.78 is 11.1. The molecule has 0 spiro atoms. The lowest BCUT2D eigenvalue weighted by Crippen LogP contribution is -2.42. The van der Waals surface area contributed by atoms with Crippen LogP contribution in [0.15, 0.2) is 12.1 Å². The Balaban J connectivity index is 1.83. The lowest BCUT2D eigenvalue weighted by atomic mass is 10.1. The number of rotatable bonds is 5. The molecule has 1 fully saturated rings. The first-order valence-electron chi connectivity index (χ1n) is 7.28. The van der Waals surface area contributed by atoms with Gasteiger partial charge in [-0.05, 0) is 56.9 Å². The van der Waals surface area contributed by atoms with Crippen molar-refractivity contribution in [3.63, 3.8) is 0 Å². The van der Waals surface area contributed by atoms with Gasteiger partial charge in [0.05, 0.1) is 12.1 Å². The van der Waals surface area contributed by atoms with E-state index in [2.05, 4.69) is 5.32 Å². The molecule has 1 aromatic carbocycles. The minimum absolute atomic E-state index is 0.00241. The van der Waals surface area contributed by atoms with E-state index in [1.807, 2.05) is 32.9 Å². The van der Waals surface area contributed by atoms with Crippen LogP contribution in [-0.2, 0) is 9.53 Å². The number of hydrogen-bond donors (Lipinski definition) is 1. The second-order valence-electron chi connectivity index (χ2n) is 5.57. The Kier molecular flexibility index (Phi) is 5.48. The summed E-state index contributed by atoms with van der Waals surface area (Å²) in [5.41, 5.74) is 1.89. The number of carbonyl (C=O) groups is 1. The third kappa shape index (κ3) is 4.35. The van der Waals surface area contributed by atoms with Crippen LogP contribution in [0.3, 0.4) is 0 Å². The Morgan fingerprint density at radius 2 is 2.14 bits per heavy atom. The summed E-state index contributed by atoms with van der Waals surface area (Å²) in [7, 11) is 0. The molecule has 2 rings (SSSR count). The molecule has 5 heteroatoms. The quantitative estimate of drug-likeness (QED) is 0.909. The van der Waals surface area contributed by atoms with Crippen LogP contribution in [-0.4, -0.2) is 31.3 Å². The lowest BCUT2D eigenvalue weighted by Gasteiger charge is -2.20. The molecule has 2 atom stereocenters. The smallest absolute Gasteiger partial charge is 0.258 e. The van der Waals surface area contributed by atoms with Crippen LogP contribution in [0.5, 0.6) is 5.75 Å². The van der Waals surface area contributed by atoms with Crippen molar-refractivity contribution in [2.75, 3.05) is 13.2 Å². The Hall–Kier alpha value is -1.26. The van der Waals surface area contributed by atoms with E-state index in [-0.39, 0.29) is 24.7 Å². The van der Waals surface area contributed by atoms with Gasteiger partial charge in [-0.3, -0.25) is 4.79 Å². The number of benzene rings is 1. The molecule has 0 aliphatic carbocycles. The second-order valence-corrected chi connectivity index (χ2v) is 5.95. The van der Waals surface area contributed by atoms with E-state index in [0.29, 0.717) is 5.75 Å². The zero-order valence-corrected chi connectivity index (χ0v) is 13.5. The molecule has 1 saturated heterocycles. The fourth-order valence-electron chi connectivity index (χ4n) is 2.52. The maximum Gasteiger partial charge on any atom is 0.258 e. The van der Waals surface area contributed by atoms with E-state index in [0.717, 1.165) is 35.6 Å². The highest BCUT2D eigenvalue weighted by Gasteiger charge is 2.23. The minimum Gasteiger partial charge on any atom is -0.484 e. The summed E-state index contributed by atoms with van der Waals surface area (Å²) in [5, 5.41) is 3.65. The van der Waals surface area contributed by atoms with Crippen LogP contribution in [0.4, 0.5) is 0 Å². The number of hydrogen-bond acceptors (Lipinski definition) is 3. The van der Waals surface area contributed by atoms with E-state index in [9.17, 15) is 4.79 Å². The van der Waals surface area contributed by atoms with Crippen LogP contribution in [0.2, 0.25) is 5.02 Å². The molecule has 1 N–H and O–H groups in total. The van der Waals surface area contributed by atoms with Gasteiger partial charge in [0.2, 0.25) is 0 Å². The highest BCUT2D eigenvalue weighted by Crippen LogP contribution is 2.25. The Bertz CT molecular complexity index is 489. The number of nitrogens with one attached hydrogen (secondary N) is 1. The fourth-order valence-corrected chi connectivity index (χ4v) is 2.63. The first-order valence-corrected chi connectivity index (χ1v) is 7.65. The normalized spacial score (nSPS) is 19.3. The standard InChI is InChI=1S/C16H22ClNO3/c1-10-7-13(8-11(2)16(10)17)21-9-15(19)18-12(3)14-5-4-6-20-14/h7-8,12,14H,4-6,9H2,1-3H3,(H,18,19)/t12-,14+/m1/s1. The maximum absolute atomic E-state index is 11.9. The van der Waals surface area contributed by atoms with E-state index in [4.69, 9.17) is 21.1 Å². The van der Waals surface area contributed by atoms with Crippen molar-refractivity contribution in [2.24, 2.45) is 0 Å². The summed E-state index contributed by atoms with van der Waals surface area (Å²) >= 11 is 6.11. The molecule has 1 heterocycles. The number of amides is 1. The predicted molar refractivity (Wildman–Crippen MR) is 83.0 cm³/mol. The van der Waals surface area contributed by atoms with Crippen molar-refractivity contribution in [3.05, 3.63) is 28.3 Å². The second kappa shape index (κ2) is 7.14. The van der Waals surface area contributed by atoms with Gasteiger partial charge in [-0.1, -0.05) is 11.6 Å². The zero-order chi connectivity index (χ0) is 15.4. The highest BCUT2D eigenvalue weighted by molar-refractivity contribution is 6.32. The van der Waals surface area contributed by atoms with E-state index in [1.54, 1.807) is 0 Å². The SMILES string of the molecule is Cc1cc(OCC(=O)N[C@H](C)[C@@H]2CCCO2)cc(C)c1Cl. The number of carbonyl (C=O) groups excluding carboxylic acids is 1. The van der Waals surface area contributed by atoms with Gasteiger partial charge in [0.15, 0.2) is 6.61 Å². The molecule has 1 amide bonds.